The first-order valence-corrected chi connectivity index (χ1v) is 13.7. The fourth-order valence-corrected chi connectivity index (χ4v) is 7.01. The van der Waals surface area contributed by atoms with Crippen molar-refractivity contribution in [3.8, 4) is 22.3 Å². The van der Waals surface area contributed by atoms with Crippen molar-refractivity contribution in [3.05, 3.63) is 127 Å². The van der Waals surface area contributed by atoms with Crippen LogP contribution in [0.2, 0.25) is 0 Å². The third-order valence-electron chi connectivity index (χ3n) is 8.78. The molecule has 0 aliphatic heterocycles. The molecule has 1 nitrogen and oxygen atoms in total. The van der Waals surface area contributed by atoms with E-state index in [0.29, 0.717) is 0 Å². The van der Waals surface area contributed by atoms with Gasteiger partial charge in [-0.1, -0.05) is 127 Å². The lowest BCUT2D eigenvalue weighted by molar-refractivity contribution is 0.615. The van der Waals surface area contributed by atoms with Gasteiger partial charge in [0.2, 0.25) is 0 Å². The van der Waals surface area contributed by atoms with E-state index < -0.39 is 0 Å². The van der Waals surface area contributed by atoms with Gasteiger partial charge in [0.05, 0.1) is 0 Å². The lowest BCUT2D eigenvalue weighted by Gasteiger charge is -2.17. The molecule has 0 aromatic heterocycles. The molecule has 1 radical (unpaired) electrons. The summed E-state index contributed by atoms with van der Waals surface area (Å²) in [6.45, 7) is 0. The van der Waals surface area contributed by atoms with Crippen LogP contribution in [0.1, 0.15) is 0 Å². The maximum atomic E-state index is 10.2. The van der Waals surface area contributed by atoms with Crippen molar-refractivity contribution >= 4 is 77.6 Å². The largest absolute Gasteiger partial charge is 0.450 e. The smallest absolute Gasteiger partial charge is 0.326 e. The van der Waals surface area contributed by atoms with E-state index >= 15 is 0 Å². The van der Waals surface area contributed by atoms with Gasteiger partial charge in [0.25, 0.3) is 0 Å². The predicted octanol–water partition coefficient (Wildman–Crippen LogP) is 9.05. The Bertz CT molecular complexity index is 2220. The number of hydrogen-bond donors (Lipinski definition) is 1. The molecule has 0 aliphatic carbocycles. The second-order valence-electron chi connectivity index (χ2n) is 10.9. The first-order valence-electron chi connectivity index (χ1n) is 13.7. The molecule has 0 saturated carbocycles. The fourth-order valence-electron chi connectivity index (χ4n) is 7.01. The van der Waals surface area contributed by atoms with Crippen molar-refractivity contribution in [2.45, 2.75) is 0 Å². The van der Waals surface area contributed by atoms with E-state index in [1.807, 2.05) is 0 Å². The minimum Gasteiger partial charge on any atom is -0.450 e. The molecule has 0 spiro atoms. The molecule has 0 unspecified atom stereocenters. The third kappa shape index (κ3) is 2.97. The molecule has 0 amide bonds. The third-order valence-corrected chi connectivity index (χ3v) is 8.78. The molecule has 0 fully saturated rings. The Morgan fingerprint density at radius 2 is 0.750 bits per heavy atom. The summed E-state index contributed by atoms with van der Waals surface area (Å²) in [5, 5.41) is 25.5. The van der Waals surface area contributed by atoms with Crippen molar-refractivity contribution in [2.24, 2.45) is 0 Å². The Kier molecular flexibility index (Phi) is 4.42. The molecule has 183 valence electrons. The van der Waals surface area contributed by atoms with Gasteiger partial charge >= 0.3 is 7.48 Å². The van der Waals surface area contributed by atoms with Crippen LogP contribution in [0.5, 0.6) is 0 Å². The van der Waals surface area contributed by atoms with Gasteiger partial charge in [-0.2, -0.15) is 0 Å². The Hall–Kier alpha value is -4.92. The van der Waals surface area contributed by atoms with Crippen molar-refractivity contribution in [1.82, 2.24) is 0 Å². The van der Waals surface area contributed by atoms with Crippen LogP contribution in [-0.4, -0.2) is 12.5 Å². The topological polar surface area (TPSA) is 20.2 Å². The molecule has 0 aliphatic rings. The first kappa shape index (κ1) is 22.0. The van der Waals surface area contributed by atoms with Gasteiger partial charge < -0.3 is 5.02 Å². The highest BCUT2D eigenvalue weighted by Gasteiger charge is 2.16. The van der Waals surface area contributed by atoms with E-state index in [-0.39, 0.29) is 0 Å². The summed E-state index contributed by atoms with van der Waals surface area (Å²) < 4.78 is 0. The summed E-state index contributed by atoms with van der Waals surface area (Å²) >= 11 is 0. The van der Waals surface area contributed by atoms with Crippen LogP contribution in [0, 0.1) is 0 Å². The van der Waals surface area contributed by atoms with E-state index in [4.69, 9.17) is 0 Å². The summed E-state index contributed by atoms with van der Waals surface area (Å²) in [5.74, 6) is 0. The SMILES string of the molecule is O[B]c1cc(-c2ccc3ccc4cccc5ccc2c3c45)cc(-c2ccc3ccc4cccc5ccc2c3c45)c1. The summed E-state index contributed by atoms with van der Waals surface area (Å²) in [6.07, 6.45) is 0. The van der Waals surface area contributed by atoms with Crippen LogP contribution in [0.15, 0.2) is 127 Å². The molecular formula is C38H22BO. The van der Waals surface area contributed by atoms with Gasteiger partial charge in [0.15, 0.2) is 0 Å². The Morgan fingerprint density at radius 1 is 0.375 bits per heavy atom. The minimum absolute atomic E-state index is 0.795. The molecule has 9 aromatic carbocycles. The van der Waals surface area contributed by atoms with Crippen LogP contribution in [0.25, 0.3) is 86.9 Å². The highest BCUT2D eigenvalue weighted by atomic mass is 16.2. The standard InChI is InChI=1S/C38H22BO/c40-39-30-20-28(31-15-11-26-9-7-22-3-1-5-24-13-17-33(31)37(26)35(22)24)19-29(21-30)32-16-12-27-10-8-23-4-2-6-25-14-18-34(32)38(27)36(23)25/h1-21,40H. The number of hydrogen-bond acceptors (Lipinski definition) is 1. The van der Waals surface area contributed by atoms with Gasteiger partial charge in [-0.05, 0) is 93.0 Å². The zero-order valence-corrected chi connectivity index (χ0v) is 21.6. The van der Waals surface area contributed by atoms with Crippen LogP contribution in [0.3, 0.4) is 0 Å². The van der Waals surface area contributed by atoms with Gasteiger partial charge in [0.1, 0.15) is 0 Å². The molecule has 0 saturated heterocycles. The van der Waals surface area contributed by atoms with Crippen molar-refractivity contribution < 1.29 is 5.02 Å². The van der Waals surface area contributed by atoms with Gasteiger partial charge in [-0.25, -0.2) is 0 Å². The quantitative estimate of drug-likeness (QED) is 0.188. The minimum atomic E-state index is 0.795. The normalized spacial score (nSPS) is 12.1. The summed E-state index contributed by atoms with van der Waals surface area (Å²) in [5.41, 5.74) is 5.34. The Labute approximate surface area is 231 Å². The van der Waals surface area contributed by atoms with Crippen molar-refractivity contribution in [1.29, 1.82) is 0 Å². The summed E-state index contributed by atoms with van der Waals surface area (Å²) in [7, 11) is 1.22. The average molecular weight is 505 g/mol. The molecule has 40 heavy (non-hydrogen) atoms. The molecule has 1 N–H and O–H groups in total. The lowest BCUT2D eigenvalue weighted by atomic mass is 9.81. The maximum absolute atomic E-state index is 10.2. The highest BCUT2D eigenvalue weighted by molar-refractivity contribution is 6.46. The molecular weight excluding hydrogens is 483 g/mol. The van der Waals surface area contributed by atoms with E-state index in [1.165, 1.54) is 83.2 Å². The Balaban J connectivity index is 1.33. The number of benzene rings is 9. The summed E-state index contributed by atoms with van der Waals surface area (Å²) in [4.78, 5) is 0. The van der Waals surface area contributed by atoms with Crippen LogP contribution in [0.4, 0.5) is 0 Å². The average Bonchev–Trinajstić information content (AvgIpc) is 3.02. The van der Waals surface area contributed by atoms with E-state index in [9.17, 15) is 5.02 Å². The van der Waals surface area contributed by atoms with E-state index in [2.05, 4.69) is 127 Å². The van der Waals surface area contributed by atoms with Crippen LogP contribution < -0.4 is 5.46 Å². The highest BCUT2D eigenvalue weighted by Crippen LogP contribution is 2.42. The van der Waals surface area contributed by atoms with Crippen LogP contribution in [-0.2, 0) is 0 Å². The molecule has 9 rings (SSSR count). The van der Waals surface area contributed by atoms with Gasteiger partial charge in [-0.3, -0.25) is 0 Å². The predicted molar refractivity (Wildman–Crippen MR) is 172 cm³/mol. The fraction of sp³-hybridized carbons (Fsp3) is 0. The molecule has 0 atom stereocenters. The second kappa shape index (κ2) is 8.05. The monoisotopic (exact) mass is 505 g/mol. The first-order chi connectivity index (χ1) is 19.8. The molecule has 0 bridgehead atoms. The van der Waals surface area contributed by atoms with E-state index in [1.54, 1.807) is 0 Å². The summed E-state index contributed by atoms with van der Waals surface area (Å²) in [6, 6.07) is 46.3. The lowest BCUT2D eigenvalue weighted by Crippen LogP contribution is -2.13. The maximum Gasteiger partial charge on any atom is 0.326 e. The van der Waals surface area contributed by atoms with Gasteiger partial charge in [0, 0.05) is 0 Å². The van der Waals surface area contributed by atoms with Gasteiger partial charge in [-0.15, -0.1) is 0 Å². The van der Waals surface area contributed by atoms with Crippen LogP contribution >= 0.6 is 0 Å². The Morgan fingerprint density at radius 3 is 1.18 bits per heavy atom. The molecule has 0 heterocycles. The zero-order chi connectivity index (χ0) is 26.4. The van der Waals surface area contributed by atoms with Crippen molar-refractivity contribution in [3.63, 3.8) is 0 Å². The van der Waals surface area contributed by atoms with E-state index in [0.717, 1.165) is 16.6 Å². The molecule has 9 aromatic rings. The second-order valence-corrected chi connectivity index (χ2v) is 10.9. The zero-order valence-electron chi connectivity index (χ0n) is 21.6. The number of rotatable bonds is 3. The van der Waals surface area contributed by atoms with Crippen molar-refractivity contribution in [2.75, 3.05) is 0 Å². The molecule has 2 heteroatoms.